The van der Waals surface area contributed by atoms with Gasteiger partial charge < -0.3 is 10.1 Å². The fraction of sp³-hybridized carbons (Fsp3) is 0.400. The fourth-order valence-corrected chi connectivity index (χ4v) is 2.85. The molecule has 28 heavy (non-hydrogen) atoms. The first kappa shape index (κ1) is 21.6. The highest BCUT2D eigenvalue weighted by atomic mass is 35.5. The summed E-state index contributed by atoms with van der Waals surface area (Å²) < 4.78 is 6.70. The van der Waals surface area contributed by atoms with Crippen molar-refractivity contribution in [1.82, 2.24) is 9.78 Å². The number of amides is 1. The maximum absolute atomic E-state index is 12.4. The Morgan fingerprint density at radius 3 is 2.43 bits per heavy atom. The molecule has 0 bridgehead atoms. The lowest BCUT2D eigenvalue weighted by Gasteiger charge is -2.07. The molecular formula is C20H24ClN3O4. The molecule has 1 N–H and O–H groups in total. The zero-order valence-electron chi connectivity index (χ0n) is 16.4. The summed E-state index contributed by atoms with van der Waals surface area (Å²) in [6, 6.07) is 6.39. The number of ketones is 1. The zero-order valence-corrected chi connectivity index (χ0v) is 17.2. The Labute approximate surface area is 169 Å². The number of Topliss-reactive ketones (excluding diaryl/α,β-unsaturated/α-hetero) is 1. The van der Waals surface area contributed by atoms with E-state index in [0.29, 0.717) is 35.8 Å². The Balaban J connectivity index is 2.00. The summed E-state index contributed by atoms with van der Waals surface area (Å²) in [4.78, 5) is 36.0. The van der Waals surface area contributed by atoms with Gasteiger partial charge in [-0.15, -0.1) is 0 Å². The first-order chi connectivity index (χ1) is 13.2. The number of aryl methyl sites for hydroxylation is 1. The van der Waals surface area contributed by atoms with Crippen LogP contribution in [0.4, 0.5) is 5.69 Å². The predicted molar refractivity (Wildman–Crippen MR) is 107 cm³/mol. The maximum Gasteiger partial charge on any atom is 0.343 e. The van der Waals surface area contributed by atoms with Crippen molar-refractivity contribution < 1.29 is 19.1 Å². The number of halogens is 1. The largest absolute Gasteiger partial charge is 0.454 e. The molecule has 1 heterocycles. The van der Waals surface area contributed by atoms with Crippen LogP contribution >= 0.6 is 11.6 Å². The van der Waals surface area contributed by atoms with Gasteiger partial charge in [-0.3, -0.25) is 14.3 Å². The molecule has 1 aromatic heterocycles. The minimum absolute atomic E-state index is 0.113. The molecule has 0 spiro atoms. The average molecular weight is 406 g/mol. The van der Waals surface area contributed by atoms with E-state index in [1.54, 1.807) is 42.8 Å². The summed E-state index contributed by atoms with van der Waals surface area (Å²) in [5.41, 5.74) is 1.60. The van der Waals surface area contributed by atoms with Crippen molar-refractivity contribution >= 4 is 34.9 Å². The van der Waals surface area contributed by atoms with Crippen LogP contribution in [0.25, 0.3) is 0 Å². The third-order valence-corrected chi connectivity index (χ3v) is 4.34. The first-order valence-corrected chi connectivity index (χ1v) is 9.43. The van der Waals surface area contributed by atoms with E-state index in [9.17, 15) is 14.4 Å². The first-order valence-electron chi connectivity index (χ1n) is 9.06. The molecule has 1 aromatic carbocycles. The highest BCUT2D eigenvalue weighted by molar-refractivity contribution is 6.32. The van der Waals surface area contributed by atoms with Crippen molar-refractivity contribution in [2.24, 2.45) is 5.92 Å². The van der Waals surface area contributed by atoms with Crippen molar-refractivity contribution in [3.8, 4) is 0 Å². The molecule has 1 amide bonds. The SMILES string of the molecule is CCC(=O)Nc1ccc(C(=O)COC(=O)c2c(C)nn(CC(C)C)c2Cl)cc1. The van der Waals surface area contributed by atoms with Crippen LogP contribution in [0, 0.1) is 12.8 Å². The number of anilines is 1. The summed E-state index contributed by atoms with van der Waals surface area (Å²) in [6.45, 7) is 7.62. The molecule has 2 rings (SSSR count). The van der Waals surface area contributed by atoms with Crippen molar-refractivity contribution in [3.63, 3.8) is 0 Å². The highest BCUT2D eigenvalue weighted by Crippen LogP contribution is 2.22. The van der Waals surface area contributed by atoms with Crippen molar-refractivity contribution in [2.75, 3.05) is 11.9 Å². The van der Waals surface area contributed by atoms with E-state index in [0.717, 1.165) is 0 Å². The summed E-state index contributed by atoms with van der Waals surface area (Å²) in [7, 11) is 0. The number of hydrogen-bond acceptors (Lipinski definition) is 5. The lowest BCUT2D eigenvalue weighted by atomic mass is 10.1. The minimum atomic E-state index is -0.683. The fourth-order valence-electron chi connectivity index (χ4n) is 2.53. The highest BCUT2D eigenvalue weighted by Gasteiger charge is 2.23. The molecule has 0 unspecified atom stereocenters. The Hall–Kier alpha value is -2.67. The van der Waals surface area contributed by atoms with Crippen LogP contribution in [-0.4, -0.2) is 34.0 Å². The van der Waals surface area contributed by atoms with Crippen LogP contribution in [0.2, 0.25) is 5.15 Å². The number of ether oxygens (including phenoxy) is 1. The third-order valence-electron chi connectivity index (χ3n) is 3.95. The lowest BCUT2D eigenvalue weighted by Crippen LogP contribution is -2.15. The third kappa shape index (κ3) is 5.42. The summed E-state index contributed by atoms with van der Waals surface area (Å²) in [5, 5.41) is 7.17. The van der Waals surface area contributed by atoms with E-state index in [1.165, 1.54) is 0 Å². The van der Waals surface area contributed by atoms with E-state index >= 15 is 0 Å². The lowest BCUT2D eigenvalue weighted by molar-refractivity contribution is -0.115. The second-order valence-corrected chi connectivity index (χ2v) is 7.16. The van der Waals surface area contributed by atoms with E-state index in [1.807, 2.05) is 13.8 Å². The number of esters is 1. The van der Waals surface area contributed by atoms with Crippen LogP contribution in [0.15, 0.2) is 24.3 Å². The molecule has 150 valence electrons. The maximum atomic E-state index is 12.4. The molecule has 7 nitrogen and oxygen atoms in total. The van der Waals surface area contributed by atoms with E-state index in [4.69, 9.17) is 16.3 Å². The summed E-state index contributed by atoms with van der Waals surface area (Å²) in [5.74, 6) is -0.839. The molecule has 0 saturated heterocycles. The van der Waals surface area contributed by atoms with Gasteiger partial charge in [0.2, 0.25) is 5.91 Å². The average Bonchev–Trinajstić information content (AvgIpc) is 2.92. The van der Waals surface area contributed by atoms with Crippen LogP contribution in [-0.2, 0) is 16.1 Å². The number of hydrogen-bond donors (Lipinski definition) is 1. The van der Waals surface area contributed by atoms with E-state index < -0.39 is 12.6 Å². The monoisotopic (exact) mass is 405 g/mol. The van der Waals surface area contributed by atoms with Crippen molar-refractivity contribution in [2.45, 2.75) is 40.7 Å². The second kappa shape index (κ2) is 9.50. The number of aromatic nitrogens is 2. The molecule has 0 aliphatic carbocycles. The Morgan fingerprint density at radius 2 is 1.86 bits per heavy atom. The van der Waals surface area contributed by atoms with Gasteiger partial charge in [0.05, 0.1) is 5.69 Å². The van der Waals surface area contributed by atoms with Gasteiger partial charge >= 0.3 is 5.97 Å². The summed E-state index contributed by atoms with van der Waals surface area (Å²) in [6.07, 6.45) is 0.367. The molecule has 0 radical (unpaired) electrons. The van der Waals surface area contributed by atoms with Gasteiger partial charge in [-0.2, -0.15) is 5.10 Å². The molecule has 8 heteroatoms. The quantitative estimate of drug-likeness (QED) is 0.531. The van der Waals surface area contributed by atoms with Gasteiger partial charge in [0, 0.05) is 24.2 Å². The molecule has 0 aliphatic rings. The van der Waals surface area contributed by atoms with Crippen LogP contribution in [0.1, 0.15) is 53.6 Å². The number of rotatable bonds is 8. The Morgan fingerprint density at radius 1 is 1.21 bits per heavy atom. The topological polar surface area (TPSA) is 90.3 Å². The number of carbonyl (C=O) groups is 3. The van der Waals surface area contributed by atoms with Crippen LogP contribution in [0.5, 0.6) is 0 Å². The van der Waals surface area contributed by atoms with Gasteiger partial charge in [-0.1, -0.05) is 32.4 Å². The van der Waals surface area contributed by atoms with Gasteiger partial charge in [-0.25, -0.2) is 4.79 Å². The zero-order chi connectivity index (χ0) is 20.8. The molecule has 0 aliphatic heterocycles. The molecule has 0 atom stereocenters. The van der Waals surface area contributed by atoms with E-state index in [2.05, 4.69) is 10.4 Å². The number of nitrogens with one attached hydrogen (secondary N) is 1. The standard InChI is InChI=1S/C20H24ClN3O4/c1-5-17(26)22-15-8-6-14(7-9-15)16(25)11-28-20(27)18-13(4)23-24(19(18)21)10-12(2)3/h6-9,12H,5,10-11H2,1-4H3,(H,22,26). The predicted octanol–water partition coefficient (Wildman–Crippen LogP) is 3.89. The second-order valence-electron chi connectivity index (χ2n) is 6.81. The molecule has 0 fully saturated rings. The van der Waals surface area contributed by atoms with Gasteiger partial charge in [0.15, 0.2) is 12.4 Å². The molecular weight excluding hydrogens is 382 g/mol. The van der Waals surface area contributed by atoms with Crippen molar-refractivity contribution in [1.29, 1.82) is 0 Å². The molecule has 2 aromatic rings. The Bertz CT molecular complexity index is 872. The van der Waals surface area contributed by atoms with Gasteiger partial charge in [-0.05, 0) is 37.1 Å². The van der Waals surface area contributed by atoms with Gasteiger partial charge in [0.1, 0.15) is 10.7 Å². The normalized spacial score (nSPS) is 10.8. The minimum Gasteiger partial charge on any atom is -0.454 e. The number of nitrogens with zero attached hydrogens (tertiary/aromatic N) is 2. The van der Waals surface area contributed by atoms with E-state index in [-0.39, 0.29) is 22.4 Å². The van der Waals surface area contributed by atoms with Gasteiger partial charge in [0.25, 0.3) is 0 Å². The number of benzene rings is 1. The van der Waals surface area contributed by atoms with Crippen molar-refractivity contribution in [3.05, 3.63) is 46.2 Å². The number of carbonyl (C=O) groups excluding carboxylic acids is 3. The van der Waals surface area contributed by atoms with Crippen LogP contribution in [0.3, 0.4) is 0 Å². The Kier molecular flexibility index (Phi) is 7.34. The smallest absolute Gasteiger partial charge is 0.343 e. The summed E-state index contributed by atoms with van der Waals surface area (Å²) >= 11 is 6.25. The van der Waals surface area contributed by atoms with Crippen LogP contribution < -0.4 is 5.32 Å². The molecule has 0 saturated carbocycles.